The van der Waals surface area contributed by atoms with Crippen LogP contribution in [0.5, 0.6) is 0 Å². The number of piperazine rings is 1. The minimum Gasteiger partial charge on any atom is -0.334 e. The summed E-state index contributed by atoms with van der Waals surface area (Å²) in [6.45, 7) is 5.49. The number of rotatable bonds is 4. The molecule has 6 nitrogen and oxygen atoms in total. The van der Waals surface area contributed by atoms with Gasteiger partial charge in [0.15, 0.2) is 0 Å². The number of benzene rings is 1. The highest BCUT2D eigenvalue weighted by Crippen LogP contribution is 2.32. The number of carbonyl (C=O) groups excluding carboxylic acids is 3. The van der Waals surface area contributed by atoms with Gasteiger partial charge in [0.05, 0.1) is 38.1 Å². The average molecular weight is 374 g/mol. The Bertz CT molecular complexity index is 737. The standard InChI is InChI=1S/C19H23N3O3S/c1-14-3-5-15(6-4-14)13-16-18(24)22(19(25)26-16)8-7-17(23)21-11-9-20(2)10-12-21/h3-6,13H,7-12H2,1-2H3/p+1/b16-13-. The van der Waals surface area contributed by atoms with Crippen LogP contribution in [0, 0.1) is 6.92 Å². The Labute approximate surface area is 157 Å². The van der Waals surface area contributed by atoms with E-state index >= 15 is 0 Å². The first-order valence-electron chi connectivity index (χ1n) is 8.85. The summed E-state index contributed by atoms with van der Waals surface area (Å²) >= 11 is 0.939. The molecule has 2 saturated heterocycles. The van der Waals surface area contributed by atoms with E-state index in [1.807, 2.05) is 36.1 Å². The highest BCUT2D eigenvalue weighted by atomic mass is 32.2. The molecule has 3 rings (SSSR count). The average Bonchev–Trinajstić information content (AvgIpc) is 2.89. The van der Waals surface area contributed by atoms with Crippen molar-refractivity contribution < 1.29 is 19.3 Å². The first kappa shape index (κ1) is 18.7. The third kappa shape index (κ3) is 4.34. The molecular weight excluding hydrogens is 350 g/mol. The summed E-state index contributed by atoms with van der Waals surface area (Å²) in [5.74, 6) is -0.296. The monoisotopic (exact) mass is 374 g/mol. The number of hydrogen-bond acceptors (Lipinski definition) is 4. The molecule has 0 bridgehead atoms. The maximum atomic E-state index is 12.5. The summed E-state index contributed by atoms with van der Waals surface area (Å²) in [4.78, 5) is 41.8. The lowest BCUT2D eigenvalue weighted by Crippen LogP contribution is -3.12. The molecule has 0 saturated carbocycles. The zero-order chi connectivity index (χ0) is 18.7. The molecule has 1 N–H and O–H groups in total. The van der Waals surface area contributed by atoms with E-state index in [0.29, 0.717) is 4.91 Å². The van der Waals surface area contributed by atoms with Crippen molar-refractivity contribution in [1.29, 1.82) is 0 Å². The highest BCUT2D eigenvalue weighted by Gasteiger charge is 2.35. The molecular formula is C19H24N3O3S+. The molecule has 2 aliphatic heterocycles. The van der Waals surface area contributed by atoms with E-state index in [-0.39, 0.29) is 30.0 Å². The van der Waals surface area contributed by atoms with Gasteiger partial charge in [-0.25, -0.2) is 0 Å². The maximum absolute atomic E-state index is 12.5. The highest BCUT2D eigenvalue weighted by molar-refractivity contribution is 8.18. The Morgan fingerprint density at radius 2 is 1.85 bits per heavy atom. The van der Waals surface area contributed by atoms with Gasteiger partial charge in [-0.1, -0.05) is 29.8 Å². The number of quaternary nitrogens is 1. The molecule has 138 valence electrons. The molecule has 0 aliphatic carbocycles. The summed E-state index contributed by atoms with van der Waals surface area (Å²) in [6.07, 6.45) is 1.92. The Kier molecular flexibility index (Phi) is 5.78. The molecule has 1 aromatic rings. The topological polar surface area (TPSA) is 62.1 Å². The van der Waals surface area contributed by atoms with Crippen molar-refractivity contribution >= 4 is 34.9 Å². The molecule has 1 aromatic carbocycles. The number of likely N-dealkylation sites (N-methyl/N-ethyl adjacent to an activating group) is 1. The second-order valence-electron chi connectivity index (χ2n) is 6.83. The lowest BCUT2D eigenvalue weighted by molar-refractivity contribution is -0.883. The van der Waals surface area contributed by atoms with Crippen molar-refractivity contribution in [2.45, 2.75) is 13.3 Å². The summed E-state index contributed by atoms with van der Waals surface area (Å²) in [5.41, 5.74) is 2.02. The molecule has 2 fully saturated rings. The van der Waals surface area contributed by atoms with Gasteiger partial charge >= 0.3 is 0 Å². The van der Waals surface area contributed by atoms with Crippen LogP contribution >= 0.6 is 11.8 Å². The van der Waals surface area contributed by atoms with Crippen molar-refractivity contribution in [3.63, 3.8) is 0 Å². The van der Waals surface area contributed by atoms with Crippen molar-refractivity contribution in [2.75, 3.05) is 39.8 Å². The van der Waals surface area contributed by atoms with Gasteiger partial charge in [-0.05, 0) is 30.3 Å². The fourth-order valence-corrected chi connectivity index (χ4v) is 3.88. The number of amides is 3. The third-order valence-electron chi connectivity index (χ3n) is 4.77. The van der Waals surface area contributed by atoms with Gasteiger partial charge in [-0.3, -0.25) is 19.3 Å². The molecule has 3 amide bonds. The largest absolute Gasteiger partial charge is 0.334 e. The quantitative estimate of drug-likeness (QED) is 0.791. The first-order chi connectivity index (χ1) is 12.4. The molecule has 26 heavy (non-hydrogen) atoms. The molecule has 0 spiro atoms. The Morgan fingerprint density at radius 3 is 2.50 bits per heavy atom. The van der Waals surface area contributed by atoms with Gasteiger partial charge in [0, 0.05) is 13.0 Å². The van der Waals surface area contributed by atoms with Crippen LogP contribution in [0.4, 0.5) is 4.79 Å². The van der Waals surface area contributed by atoms with E-state index in [1.165, 1.54) is 9.80 Å². The Hall–Kier alpha value is -2.12. The van der Waals surface area contributed by atoms with E-state index < -0.39 is 0 Å². The van der Waals surface area contributed by atoms with Crippen molar-refractivity contribution in [3.05, 3.63) is 40.3 Å². The minimum atomic E-state index is -0.309. The second-order valence-corrected chi connectivity index (χ2v) is 7.83. The molecule has 2 heterocycles. The molecule has 2 aliphatic rings. The second kappa shape index (κ2) is 8.05. The van der Waals surface area contributed by atoms with E-state index in [2.05, 4.69) is 7.05 Å². The number of carbonyl (C=O) groups is 3. The first-order valence-corrected chi connectivity index (χ1v) is 9.67. The van der Waals surface area contributed by atoms with Crippen molar-refractivity contribution in [3.8, 4) is 0 Å². The third-order valence-corrected chi connectivity index (χ3v) is 5.68. The zero-order valence-corrected chi connectivity index (χ0v) is 16.0. The molecule has 7 heteroatoms. The zero-order valence-electron chi connectivity index (χ0n) is 15.2. The van der Waals surface area contributed by atoms with Crippen LogP contribution in [-0.2, 0) is 9.59 Å². The van der Waals surface area contributed by atoms with Crippen molar-refractivity contribution in [1.82, 2.24) is 9.80 Å². The van der Waals surface area contributed by atoms with Crippen LogP contribution in [0.3, 0.4) is 0 Å². The maximum Gasteiger partial charge on any atom is 0.293 e. The van der Waals surface area contributed by atoms with Crippen molar-refractivity contribution in [2.24, 2.45) is 0 Å². The van der Waals surface area contributed by atoms with Gasteiger partial charge in [0.25, 0.3) is 11.1 Å². The fourth-order valence-electron chi connectivity index (χ4n) is 3.01. The Morgan fingerprint density at radius 1 is 1.19 bits per heavy atom. The lowest BCUT2D eigenvalue weighted by Gasteiger charge is -2.30. The van der Waals surface area contributed by atoms with Crippen LogP contribution < -0.4 is 4.90 Å². The van der Waals surface area contributed by atoms with Gasteiger partial charge < -0.3 is 9.80 Å². The van der Waals surface area contributed by atoms with Gasteiger partial charge in [-0.2, -0.15) is 0 Å². The van der Waals surface area contributed by atoms with Crippen LogP contribution in [0.15, 0.2) is 29.2 Å². The fraction of sp³-hybridized carbons (Fsp3) is 0.421. The Balaban J connectivity index is 1.59. The number of nitrogens with zero attached hydrogens (tertiary/aromatic N) is 2. The molecule has 0 radical (unpaired) electrons. The summed E-state index contributed by atoms with van der Waals surface area (Å²) in [7, 11) is 2.11. The summed E-state index contributed by atoms with van der Waals surface area (Å²) < 4.78 is 0. The number of nitrogens with one attached hydrogen (secondary N) is 1. The summed E-state index contributed by atoms with van der Waals surface area (Å²) in [5, 5.41) is -0.302. The predicted molar refractivity (Wildman–Crippen MR) is 102 cm³/mol. The molecule has 0 aromatic heterocycles. The lowest BCUT2D eigenvalue weighted by atomic mass is 10.1. The normalized spacial score (nSPS) is 20.3. The molecule has 0 unspecified atom stereocenters. The van der Waals surface area contributed by atoms with Crippen LogP contribution in [0.1, 0.15) is 17.5 Å². The van der Waals surface area contributed by atoms with Crippen LogP contribution in [0.25, 0.3) is 6.08 Å². The van der Waals surface area contributed by atoms with E-state index in [4.69, 9.17) is 0 Å². The van der Waals surface area contributed by atoms with Gasteiger partial charge in [0.2, 0.25) is 5.91 Å². The van der Waals surface area contributed by atoms with Gasteiger partial charge in [-0.15, -0.1) is 0 Å². The predicted octanol–water partition coefficient (Wildman–Crippen LogP) is 0.778. The molecule has 0 atom stereocenters. The van der Waals surface area contributed by atoms with E-state index in [9.17, 15) is 14.4 Å². The van der Waals surface area contributed by atoms with E-state index in [0.717, 1.165) is 49.1 Å². The summed E-state index contributed by atoms with van der Waals surface area (Å²) in [6, 6.07) is 7.77. The van der Waals surface area contributed by atoms with Crippen LogP contribution in [0.2, 0.25) is 0 Å². The minimum absolute atomic E-state index is 0.0130. The smallest absolute Gasteiger partial charge is 0.293 e. The number of thioether (sulfide) groups is 1. The van der Waals surface area contributed by atoms with Crippen LogP contribution in [-0.4, -0.2) is 66.6 Å². The SMILES string of the molecule is Cc1ccc(/C=C2\SC(=O)N(CCC(=O)N3CC[NH+](C)CC3)C2=O)cc1. The number of hydrogen-bond donors (Lipinski definition) is 1. The number of aryl methyl sites for hydroxylation is 1. The van der Waals surface area contributed by atoms with Gasteiger partial charge in [0.1, 0.15) is 0 Å². The number of imide groups is 1. The van der Waals surface area contributed by atoms with E-state index in [1.54, 1.807) is 6.08 Å².